The van der Waals surface area contributed by atoms with Gasteiger partial charge in [-0.25, -0.2) is 4.39 Å². The Morgan fingerprint density at radius 3 is 2.85 bits per heavy atom. The van der Waals surface area contributed by atoms with Gasteiger partial charge in [-0.15, -0.1) is 0 Å². The molecule has 100 valence electrons. The van der Waals surface area contributed by atoms with Crippen LogP contribution >= 0.6 is 0 Å². The summed E-state index contributed by atoms with van der Waals surface area (Å²) in [7, 11) is 1.43. The van der Waals surface area contributed by atoms with Gasteiger partial charge in [-0.2, -0.15) is 5.26 Å². The molecule has 0 saturated carbocycles. The first-order valence-corrected chi connectivity index (χ1v) is 5.64. The van der Waals surface area contributed by atoms with Gasteiger partial charge >= 0.3 is 0 Å². The van der Waals surface area contributed by atoms with E-state index in [1.165, 1.54) is 19.4 Å². The molecule has 1 aromatic heterocycles. The average molecular weight is 271 g/mol. The highest BCUT2D eigenvalue weighted by Crippen LogP contribution is 2.25. The molecule has 0 aliphatic carbocycles. The first-order valence-electron chi connectivity index (χ1n) is 5.64. The van der Waals surface area contributed by atoms with Gasteiger partial charge in [0.25, 0.3) is 5.91 Å². The number of amides is 1. The third-order valence-electron chi connectivity index (χ3n) is 2.55. The molecule has 0 bridgehead atoms. The number of anilines is 1. The van der Waals surface area contributed by atoms with Gasteiger partial charge in [0.2, 0.25) is 0 Å². The number of carbonyl (C=O) groups excluding carboxylic acids is 1. The Labute approximate surface area is 114 Å². The molecule has 1 N–H and O–H groups in total. The van der Waals surface area contributed by atoms with Crippen LogP contribution in [0, 0.1) is 17.1 Å². The second-order valence-electron chi connectivity index (χ2n) is 3.87. The van der Waals surface area contributed by atoms with Crippen LogP contribution in [-0.2, 0) is 0 Å². The van der Waals surface area contributed by atoms with Crippen molar-refractivity contribution in [1.82, 2.24) is 4.98 Å². The number of hydrogen-bond donors (Lipinski definition) is 1. The van der Waals surface area contributed by atoms with E-state index in [9.17, 15) is 9.18 Å². The highest BCUT2D eigenvalue weighted by Gasteiger charge is 2.11. The number of nitrogens with one attached hydrogen (secondary N) is 1. The van der Waals surface area contributed by atoms with E-state index in [0.29, 0.717) is 17.0 Å². The average Bonchev–Trinajstić information content (AvgIpc) is 2.47. The Morgan fingerprint density at radius 2 is 2.20 bits per heavy atom. The summed E-state index contributed by atoms with van der Waals surface area (Å²) in [5, 5.41) is 11.4. The molecule has 0 fully saturated rings. The summed E-state index contributed by atoms with van der Waals surface area (Å²) in [4.78, 5) is 15.6. The molecule has 1 amide bonds. The predicted octanol–water partition coefficient (Wildman–Crippen LogP) is 2.35. The summed E-state index contributed by atoms with van der Waals surface area (Å²) in [6.45, 7) is 0. The summed E-state index contributed by atoms with van der Waals surface area (Å²) in [5.41, 5.74) is 0.893. The molecule has 0 atom stereocenters. The molecule has 0 saturated heterocycles. The number of nitriles is 1. The second kappa shape index (κ2) is 5.80. The molecule has 2 aromatic rings. The fourth-order valence-corrected chi connectivity index (χ4v) is 1.59. The maximum absolute atomic E-state index is 13.0. The van der Waals surface area contributed by atoms with Crippen LogP contribution < -0.4 is 10.1 Å². The van der Waals surface area contributed by atoms with Crippen molar-refractivity contribution in [1.29, 1.82) is 5.26 Å². The minimum atomic E-state index is -0.593. The van der Waals surface area contributed by atoms with E-state index in [4.69, 9.17) is 10.00 Å². The Morgan fingerprint density at radius 1 is 1.40 bits per heavy atom. The number of benzene rings is 1. The molecule has 0 aliphatic heterocycles. The van der Waals surface area contributed by atoms with E-state index in [0.717, 1.165) is 12.3 Å². The summed E-state index contributed by atoms with van der Waals surface area (Å²) in [6.07, 6.45) is 2.27. The zero-order valence-electron chi connectivity index (χ0n) is 10.6. The maximum atomic E-state index is 13.0. The lowest BCUT2D eigenvalue weighted by molar-refractivity contribution is 0.102. The maximum Gasteiger partial charge on any atom is 0.257 e. The first kappa shape index (κ1) is 13.5. The van der Waals surface area contributed by atoms with Crippen LogP contribution in [0.4, 0.5) is 10.1 Å². The first-order chi connectivity index (χ1) is 9.63. The Bertz CT molecular complexity index is 695. The second-order valence-corrected chi connectivity index (χ2v) is 3.87. The molecule has 1 heterocycles. The van der Waals surface area contributed by atoms with Gasteiger partial charge < -0.3 is 10.1 Å². The largest absolute Gasteiger partial charge is 0.495 e. The monoisotopic (exact) mass is 271 g/mol. The van der Waals surface area contributed by atoms with Crippen molar-refractivity contribution in [3.8, 4) is 11.8 Å². The standard InChI is InChI=1S/C14H10FN3O2/c1-20-13-4-9(6-16)2-3-12(13)18-14(19)10-5-11(15)8-17-7-10/h2-5,7-8H,1H3,(H,18,19). The third-order valence-corrected chi connectivity index (χ3v) is 2.55. The Hall–Kier alpha value is -2.94. The fraction of sp³-hybridized carbons (Fsp3) is 0.0714. The van der Waals surface area contributed by atoms with Gasteiger partial charge in [0, 0.05) is 12.3 Å². The minimum absolute atomic E-state index is 0.0939. The van der Waals surface area contributed by atoms with Crippen molar-refractivity contribution >= 4 is 11.6 Å². The van der Waals surface area contributed by atoms with Crippen LogP contribution in [-0.4, -0.2) is 18.0 Å². The van der Waals surface area contributed by atoms with Crippen molar-refractivity contribution in [3.63, 3.8) is 0 Å². The molecule has 0 aliphatic rings. The molecular formula is C14H10FN3O2. The van der Waals surface area contributed by atoms with Crippen molar-refractivity contribution in [2.45, 2.75) is 0 Å². The van der Waals surface area contributed by atoms with E-state index in [1.54, 1.807) is 12.1 Å². The Balaban J connectivity index is 2.26. The summed E-state index contributed by atoms with van der Waals surface area (Å²) < 4.78 is 18.1. The SMILES string of the molecule is COc1cc(C#N)ccc1NC(=O)c1cncc(F)c1. The molecule has 0 spiro atoms. The summed E-state index contributed by atoms with van der Waals surface area (Å²) in [5.74, 6) is -0.758. The van der Waals surface area contributed by atoms with Gasteiger partial charge in [-0.05, 0) is 18.2 Å². The lowest BCUT2D eigenvalue weighted by Crippen LogP contribution is -2.13. The van der Waals surface area contributed by atoms with Crippen molar-refractivity contribution in [2.24, 2.45) is 0 Å². The van der Waals surface area contributed by atoms with Crippen LogP contribution in [0.2, 0.25) is 0 Å². The number of rotatable bonds is 3. The van der Waals surface area contributed by atoms with Crippen LogP contribution in [0.25, 0.3) is 0 Å². The van der Waals surface area contributed by atoms with Crippen molar-refractivity contribution in [2.75, 3.05) is 12.4 Å². The van der Waals surface area contributed by atoms with Crippen molar-refractivity contribution < 1.29 is 13.9 Å². The van der Waals surface area contributed by atoms with Gasteiger partial charge in [0.05, 0.1) is 36.2 Å². The number of halogens is 1. The van der Waals surface area contributed by atoms with E-state index < -0.39 is 11.7 Å². The van der Waals surface area contributed by atoms with Crippen LogP contribution in [0.15, 0.2) is 36.7 Å². The van der Waals surface area contributed by atoms with E-state index >= 15 is 0 Å². The van der Waals surface area contributed by atoms with Crippen LogP contribution in [0.5, 0.6) is 5.75 Å². The smallest absolute Gasteiger partial charge is 0.257 e. The van der Waals surface area contributed by atoms with Gasteiger partial charge in [-0.1, -0.05) is 0 Å². The van der Waals surface area contributed by atoms with Crippen LogP contribution in [0.1, 0.15) is 15.9 Å². The number of carbonyl (C=O) groups is 1. The van der Waals surface area contributed by atoms with Crippen molar-refractivity contribution in [3.05, 3.63) is 53.6 Å². The highest BCUT2D eigenvalue weighted by atomic mass is 19.1. The predicted molar refractivity (Wildman–Crippen MR) is 69.9 cm³/mol. The highest BCUT2D eigenvalue weighted by molar-refractivity contribution is 6.04. The number of pyridine rings is 1. The summed E-state index contributed by atoms with van der Waals surface area (Å²) >= 11 is 0. The van der Waals surface area contributed by atoms with E-state index in [-0.39, 0.29) is 5.56 Å². The molecule has 20 heavy (non-hydrogen) atoms. The van der Waals surface area contributed by atoms with Gasteiger partial charge in [0.1, 0.15) is 11.6 Å². The number of aromatic nitrogens is 1. The van der Waals surface area contributed by atoms with Gasteiger partial charge in [0.15, 0.2) is 0 Å². The molecule has 6 heteroatoms. The summed E-state index contributed by atoms with van der Waals surface area (Å²) in [6, 6.07) is 7.64. The lowest BCUT2D eigenvalue weighted by Gasteiger charge is -2.10. The fourth-order valence-electron chi connectivity index (χ4n) is 1.59. The van der Waals surface area contributed by atoms with Crippen LogP contribution in [0.3, 0.4) is 0 Å². The number of ether oxygens (including phenoxy) is 1. The zero-order valence-corrected chi connectivity index (χ0v) is 10.6. The lowest BCUT2D eigenvalue weighted by atomic mass is 10.2. The Kier molecular flexibility index (Phi) is 3.91. The normalized spacial score (nSPS) is 9.65. The zero-order chi connectivity index (χ0) is 14.5. The number of methoxy groups -OCH3 is 1. The molecule has 2 rings (SSSR count). The molecule has 0 unspecified atom stereocenters. The molecular weight excluding hydrogens is 261 g/mol. The molecule has 5 nitrogen and oxygen atoms in total. The number of nitrogens with zero attached hydrogens (tertiary/aromatic N) is 2. The van der Waals surface area contributed by atoms with Gasteiger partial charge in [-0.3, -0.25) is 9.78 Å². The quantitative estimate of drug-likeness (QED) is 0.929. The van der Waals surface area contributed by atoms with E-state index in [1.807, 2.05) is 6.07 Å². The third kappa shape index (κ3) is 2.90. The minimum Gasteiger partial charge on any atom is -0.495 e. The van der Waals surface area contributed by atoms with E-state index in [2.05, 4.69) is 10.3 Å². The topological polar surface area (TPSA) is 75.0 Å². The molecule has 1 aromatic carbocycles. The molecule has 0 radical (unpaired) electrons. The number of hydrogen-bond acceptors (Lipinski definition) is 4.